The van der Waals surface area contributed by atoms with Crippen LogP contribution >= 0.6 is 0 Å². The van der Waals surface area contributed by atoms with Gasteiger partial charge >= 0.3 is 18.0 Å². The van der Waals surface area contributed by atoms with Gasteiger partial charge in [0.2, 0.25) is 11.8 Å². The molecule has 0 aliphatic carbocycles. The quantitative estimate of drug-likeness (QED) is 0.259. The Morgan fingerprint density at radius 2 is 1.23 bits per heavy atom. The van der Waals surface area contributed by atoms with Crippen LogP contribution in [0.25, 0.3) is 0 Å². The molecule has 2 aromatic carbocycles. The zero-order valence-corrected chi connectivity index (χ0v) is 22.4. The van der Waals surface area contributed by atoms with Gasteiger partial charge in [-0.1, -0.05) is 60.7 Å². The van der Waals surface area contributed by atoms with Gasteiger partial charge in [-0.2, -0.15) is 0 Å². The fourth-order valence-corrected chi connectivity index (χ4v) is 3.11. The van der Waals surface area contributed by atoms with Crippen LogP contribution in [0.5, 0.6) is 0 Å². The van der Waals surface area contributed by atoms with Gasteiger partial charge in [-0.3, -0.25) is 19.2 Å². The summed E-state index contributed by atoms with van der Waals surface area (Å²) in [6, 6.07) is 16.9. The van der Waals surface area contributed by atoms with Crippen molar-refractivity contribution in [2.24, 2.45) is 0 Å². The van der Waals surface area contributed by atoms with Gasteiger partial charge in [-0.05, 0) is 38.3 Å². The molecular weight excluding hydrogens is 506 g/mol. The number of hydrogen-bond donors (Lipinski definition) is 3. The molecule has 2 aromatic rings. The Hall–Kier alpha value is -4.41. The average molecular weight is 542 g/mol. The molecule has 1 atom stereocenters. The Morgan fingerprint density at radius 1 is 0.744 bits per heavy atom. The maximum Gasteiger partial charge on any atom is 0.408 e. The first kappa shape index (κ1) is 30.8. The minimum absolute atomic E-state index is 0.0447. The molecule has 0 radical (unpaired) electrons. The number of ether oxygens (including phenoxy) is 3. The molecule has 0 aliphatic heterocycles. The molecule has 0 saturated carbocycles. The molecule has 39 heavy (non-hydrogen) atoms. The van der Waals surface area contributed by atoms with E-state index in [4.69, 9.17) is 14.2 Å². The summed E-state index contributed by atoms with van der Waals surface area (Å²) < 4.78 is 15.4. The maximum atomic E-state index is 12.7. The van der Waals surface area contributed by atoms with Crippen LogP contribution in [0.3, 0.4) is 0 Å². The molecule has 0 bridgehead atoms. The Labute approximate surface area is 227 Å². The van der Waals surface area contributed by atoms with Gasteiger partial charge in [-0.15, -0.1) is 0 Å². The van der Waals surface area contributed by atoms with E-state index in [0.29, 0.717) is 0 Å². The van der Waals surface area contributed by atoms with Crippen molar-refractivity contribution in [3.8, 4) is 0 Å². The van der Waals surface area contributed by atoms with Crippen LogP contribution in [0, 0.1) is 0 Å². The highest BCUT2D eigenvalue weighted by Crippen LogP contribution is 2.08. The predicted molar refractivity (Wildman–Crippen MR) is 141 cm³/mol. The smallest absolute Gasteiger partial charge is 0.408 e. The molecule has 11 heteroatoms. The first-order valence-corrected chi connectivity index (χ1v) is 12.4. The van der Waals surface area contributed by atoms with E-state index < -0.39 is 48.0 Å². The van der Waals surface area contributed by atoms with Crippen molar-refractivity contribution in [2.45, 2.75) is 58.5 Å². The van der Waals surface area contributed by atoms with Gasteiger partial charge in [0, 0.05) is 6.42 Å². The highest BCUT2D eigenvalue weighted by atomic mass is 16.6. The lowest BCUT2D eigenvalue weighted by Gasteiger charge is -2.23. The summed E-state index contributed by atoms with van der Waals surface area (Å²) in [5.41, 5.74) is 0.781. The van der Waals surface area contributed by atoms with Crippen molar-refractivity contribution in [2.75, 3.05) is 13.1 Å². The molecule has 0 unspecified atom stereocenters. The monoisotopic (exact) mass is 541 g/mol. The summed E-state index contributed by atoms with van der Waals surface area (Å²) in [4.78, 5) is 61.2. The highest BCUT2D eigenvalue weighted by Gasteiger charge is 2.25. The van der Waals surface area contributed by atoms with Crippen molar-refractivity contribution in [3.63, 3.8) is 0 Å². The zero-order valence-electron chi connectivity index (χ0n) is 22.4. The van der Waals surface area contributed by atoms with Crippen LogP contribution in [0.2, 0.25) is 0 Å². The number of amides is 3. The molecule has 3 amide bonds. The standard InChI is InChI=1S/C28H35N3O8/c1-28(2,3)39-27(36)31-22(26(35)30-17-25(34)38-19-21-12-8-5-9-13-21)14-15-23(32)29-16-24(33)37-18-20-10-6-4-7-11-20/h4-13,22H,14-19H2,1-3H3,(H,29,32)(H,30,35)(H,31,36)/t22-/m0/s1. The van der Waals surface area contributed by atoms with E-state index >= 15 is 0 Å². The lowest BCUT2D eigenvalue weighted by atomic mass is 10.1. The minimum Gasteiger partial charge on any atom is -0.460 e. The number of rotatable bonds is 13. The lowest BCUT2D eigenvalue weighted by Crippen LogP contribution is -2.49. The summed E-state index contributed by atoms with van der Waals surface area (Å²) in [6.45, 7) is 4.32. The second-order valence-electron chi connectivity index (χ2n) is 9.52. The van der Waals surface area contributed by atoms with Crippen molar-refractivity contribution in [3.05, 3.63) is 71.8 Å². The molecule has 2 rings (SSSR count). The average Bonchev–Trinajstić information content (AvgIpc) is 2.90. The Kier molecular flexibility index (Phi) is 12.4. The van der Waals surface area contributed by atoms with Gasteiger partial charge in [0.1, 0.15) is 37.9 Å². The fourth-order valence-electron chi connectivity index (χ4n) is 3.11. The third kappa shape index (κ3) is 13.6. The third-order valence-electron chi connectivity index (χ3n) is 4.99. The van der Waals surface area contributed by atoms with Gasteiger partial charge in [0.15, 0.2) is 0 Å². The van der Waals surface area contributed by atoms with E-state index in [-0.39, 0.29) is 32.6 Å². The van der Waals surface area contributed by atoms with Crippen molar-refractivity contribution >= 4 is 29.8 Å². The van der Waals surface area contributed by atoms with Crippen LogP contribution in [0.15, 0.2) is 60.7 Å². The molecule has 0 heterocycles. The summed E-state index contributed by atoms with van der Waals surface area (Å²) >= 11 is 0. The maximum absolute atomic E-state index is 12.7. The summed E-state index contributed by atoms with van der Waals surface area (Å²) in [7, 11) is 0. The number of benzene rings is 2. The van der Waals surface area contributed by atoms with Crippen molar-refractivity contribution in [1.29, 1.82) is 0 Å². The first-order chi connectivity index (χ1) is 18.5. The number of hydrogen-bond acceptors (Lipinski definition) is 8. The molecule has 0 spiro atoms. The topological polar surface area (TPSA) is 149 Å². The van der Waals surface area contributed by atoms with Crippen LogP contribution in [-0.4, -0.2) is 54.6 Å². The molecular formula is C28H35N3O8. The normalized spacial score (nSPS) is 11.5. The molecule has 0 saturated heterocycles. The Bertz CT molecular complexity index is 1100. The van der Waals surface area contributed by atoms with Crippen LogP contribution in [0.1, 0.15) is 44.7 Å². The third-order valence-corrected chi connectivity index (χ3v) is 4.99. The fraction of sp³-hybridized carbons (Fsp3) is 0.393. The van der Waals surface area contributed by atoms with Gasteiger partial charge < -0.3 is 30.2 Å². The zero-order chi connectivity index (χ0) is 28.7. The van der Waals surface area contributed by atoms with E-state index in [1.807, 2.05) is 36.4 Å². The Balaban J connectivity index is 1.82. The predicted octanol–water partition coefficient (Wildman–Crippen LogP) is 2.38. The minimum atomic E-state index is -1.18. The first-order valence-electron chi connectivity index (χ1n) is 12.4. The number of carbonyl (C=O) groups is 5. The van der Waals surface area contributed by atoms with Crippen LogP contribution < -0.4 is 16.0 Å². The second-order valence-corrected chi connectivity index (χ2v) is 9.52. The lowest BCUT2D eigenvalue weighted by molar-refractivity contribution is -0.145. The Morgan fingerprint density at radius 3 is 1.72 bits per heavy atom. The van der Waals surface area contributed by atoms with E-state index in [1.54, 1.807) is 45.0 Å². The largest absolute Gasteiger partial charge is 0.460 e. The molecule has 0 aromatic heterocycles. The van der Waals surface area contributed by atoms with Crippen LogP contribution in [-0.2, 0) is 46.6 Å². The number of esters is 2. The number of carbonyl (C=O) groups excluding carboxylic acids is 5. The van der Waals surface area contributed by atoms with Crippen molar-refractivity contribution in [1.82, 2.24) is 16.0 Å². The number of alkyl carbamates (subject to hydrolysis) is 1. The molecule has 0 fully saturated rings. The SMILES string of the molecule is CC(C)(C)OC(=O)N[C@@H](CCC(=O)NCC(=O)OCc1ccccc1)C(=O)NCC(=O)OCc1ccccc1. The molecule has 210 valence electrons. The van der Waals surface area contributed by atoms with E-state index in [0.717, 1.165) is 11.1 Å². The summed E-state index contributed by atoms with van der Waals surface area (Å²) in [5.74, 6) is -2.53. The van der Waals surface area contributed by atoms with Gasteiger partial charge in [0.25, 0.3) is 0 Å². The van der Waals surface area contributed by atoms with Gasteiger partial charge in [-0.25, -0.2) is 4.79 Å². The second kappa shape index (κ2) is 15.8. The highest BCUT2D eigenvalue weighted by molar-refractivity contribution is 5.89. The van der Waals surface area contributed by atoms with E-state index in [9.17, 15) is 24.0 Å². The number of nitrogens with one attached hydrogen (secondary N) is 3. The van der Waals surface area contributed by atoms with Crippen molar-refractivity contribution < 1.29 is 38.2 Å². The summed E-state index contributed by atoms with van der Waals surface area (Å²) in [5, 5.41) is 7.24. The van der Waals surface area contributed by atoms with E-state index in [1.165, 1.54) is 0 Å². The van der Waals surface area contributed by atoms with Crippen LogP contribution in [0.4, 0.5) is 4.79 Å². The summed E-state index contributed by atoms with van der Waals surface area (Å²) in [6.07, 6.45) is -1.17. The molecule has 0 aliphatic rings. The van der Waals surface area contributed by atoms with E-state index in [2.05, 4.69) is 16.0 Å². The molecule has 3 N–H and O–H groups in total. The van der Waals surface area contributed by atoms with Gasteiger partial charge in [0.05, 0.1) is 0 Å². The molecule has 11 nitrogen and oxygen atoms in total.